The van der Waals surface area contributed by atoms with E-state index in [4.69, 9.17) is 0 Å². The van der Waals surface area contributed by atoms with Crippen LogP contribution in [-0.4, -0.2) is 9.55 Å². The fraction of sp³-hybridized carbons (Fsp3) is 0.533. The molecule has 3 nitrogen and oxygen atoms in total. The van der Waals surface area contributed by atoms with Crippen molar-refractivity contribution in [1.29, 1.82) is 0 Å². The molecule has 0 bridgehead atoms. The molecule has 104 valence electrons. The summed E-state index contributed by atoms with van der Waals surface area (Å²) in [4.78, 5) is 7.20. The number of imidazole rings is 1. The molecule has 0 fully saturated rings. The Morgan fingerprint density at radius 1 is 1.32 bits per heavy atom. The quantitative estimate of drug-likeness (QED) is 0.871. The van der Waals surface area contributed by atoms with E-state index in [-0.39, 0.29) is 0 Å². The first kappa shape index (κ1) is 14.3. The molecule has 2 rings (SSSR count). The Hall–Kier alpha value is -1.13. The number of thiophene rings is 1. The maximum Gasteiger partial charge on any atom is 0.122 e. The van der Waals surface area contributed by atoms with E-state index in [0.717, 1.165) is 18.9 Å². The Kier molecular flexibility index (Phi) is 4.77. The van der Waals surface area contributed by atoms with Crippen LogP contribution >= 0.6 is 11.3 Å². The molecule has 0 aliphatic rings. The van der Waals surface area contributed by atoms with Crippen molar-refractivity contribution in [2.24, 2.45) is 5.92 Å². The van der Waals surface area contributed by atoms with E-state index in [1.54, 1.807) is 0 Å². The van der Waals surface area contributed by atoms with Gasteiger partial charge in [-0.2, -0.15) is 0 Å². The highest BCUT2D eigenvalue weighted by molar-refractivity contribution is 7.12. The van der Waals surface area contributed by atoms with Gasteiger partial charge in [0.05, 0.1) is 6.54 Å². The predicted molar refractivity (Wildman–Crippen MR) is 81.4 cm³/mol. The molecule has 0 saturated heterocycles. The minimum absolute atomic E-state index is 0.378. The van der Waals surface area contributed by atoms with Crippen LogP contribution in [0, 0.1) is 12.8 Å². The molecule has 0 radical (unpaired) electrons. The summed E-state index contributed by atoms with van der Waals surface area (Å²) < 4.78 is 2.24. The van der Waals surface area contributed by atoms with Crippen molar-refractivity contribution < 1.29 is 0 Å². The molecule has 19 heavy (non-hydrogen) atoms. The third kappa shape index (κ3) is 3.91. The van der Waals surface area contributed by atoms with Crippen LogP contribution in [-0.2, 0) is 13.1 Å². The zero-order valence-corrected chi connectivity index (χ0v) is 13.0. The molecular formula is C15H23N3S. The van der Waals surface area contributed by atoms with Crippen LogP contribution < -0.4 is 5.32 Å². The number of rotatable bonds is 6. The lowest BCUT2D eigenvalue weighted by molar-refractivity contribution is 0.484. The van der Waals surface area contributed by atoms with Crippen LogP contribution in [0.25, 0.3) is 0 Å². The average molecular weight is 277 g/mol. The molecule has 0 aliphatic carbocycles. The van der Waals surface area contributed by atoms with Gasteiger partial charge in [-0.3, -0.25) is 0 Å². The third-order valence-corrected chi connectivity index (χ3v) is 4.30. The summed E-state index contributed by atoms with van der Waals surface area (Å²) in [5, 5.41) is 3.56. The molecule has 4 heteroatoms. The Balaban J connectivity index is 1.93. The average Bonchev–Trinajstić information content (AvgIpc) is 2.95. The summed E-state index contributed by atoms with van der Waals surface area (Å²) in [7, 11) is 0. The van der Waals surface area contributed by atoms with Gasteiger partial charge < -0.3 is 9.88 Å². The molecule has 1 atom stereocenters. The van der Waals surface area contributed by atoms with Gasteiger partial charge in [-0.05, 0) is 31.9 Å². The van der Waals surface area contributed by atoms with E-state index in [2.05, 4.69) is 60.9 Å². The molecule has 2 aromatic rings. The maximum atomic E-state index is 4.44. The van der Waals surface area contributed by atoms with Gasteiger partial charge in [0.1, 0.15) is 5.82 Å². The highest BCUT2D eigenvalue weighted by Crippen LogP contribution is 2.22. The van der Waals surface area contributed by atoms with E-state index in [0.29, 0.717) is 12.0 Å². The number of hydrogen-bond donors (Lipinski definition) is 1. The summed E-state index contributed by atoms with van der Waals surface area (Å²) in [6, 6.07) is 4.76. The Morgan fingerprint density at radius 2 is 2.11 bits per heavy atom. The lowest BCUT2D eigenvalue weighted by Crippen LogP contribution is -2.20. The van der Waals surface area contributed by atoms with Crippen LogP contribution in [0.4, 0.5) is 0 Å². The van der Waals surface area contributed by atoms with Crippen LogP contribution in [0.1, 0.15) is 42.4 Å². The molecule has 1 N–H and O–H groups in total. The lowest BCUT2D eigenvalue weighted by atomic mass is 10.2. The predicted octanol–water partition coefficient (Wildman–Crippen LogP) is 3.76. The monoisotopic (exact) mass is 277 g/mol. The van der Waals surface area contributed by atoms with E-state index < -0.39 is 0 Å². The van der Waals surface area contributed by atoms with E-state index >= 15 is 0 Å². The molecule has 0 saturated carbocycles. The molecule has 0 aliphatic heterocycles. The standard InChI is InChI=1S/C15H23N3S/c1-11(2)10-18-8-7-16-15(18)9-17-13(4)14-6-5-12(3)19-14/h5-8,11,13,17H,9-10H2,1-4H3/t13-/m0/s1. The van der Waals surface area contributed by atoms with Crippen molar-refractivity contribution in [3.05, 3.63) is 40.1 Å². The zero-order valence-electron chi connectivity index (χ0n) is 12.2. The van der Waals surface area contributed by atoms with Gasteiger partial charge in [0.15, 0.2) is 0 Å². The second-order valence-electron chi connectivity index (χ2n) is 5.44. The fourth-order valence-electron chi connectivity index (χ4n) is 2.10. The largest absolute Gasteiger partial charge is 0.334 e. The normalized spacial score (nSPS) is 13.1. The van der Waals surface area contributed by atoms with Crippen molar-refractivity contribution in [2.75, 3.05) is 0 Å². The minimum Gasteiger partial charge on any atom is -0.334 e. The van der Waals surface area contributed by atoms with Crippen molar-refractivity contribution in [3.8, 4) is 0 Å². The number of aromatic nitrogens is 2. The Morgan fingerprint density at radius 3 is 2.74 bits per heavy atom. The van der Waals surface area contributed by atoms with Gasteiger partial charge in [-0.1, -0.05) is 13.8 Å². The van der Waals surface area contributed by atoms with Crippen LogP contribution in [0.3, 0.4) is 0 Å². The second kappa shape index (κ2) is 6.35. The maximum absolute atomic E-state index is 4.44. The summed E-state index contributed by atoms with van der Waals surface area (Å²) >= 11 is 1.86. The number of nitrogens with one attached hydrogen (secondary N) is 1. The summed E-state index contributed by atoms with van der Waals surface area (Å²) in [6.45, 7) is 10.7. The molecule has 0 aromatic carbocycles. The molecule has 0 amide bonds. The smallest absolute Gasteiger partial charge is 0.122 e. The highest BCUT2D eigenvalue weighted by Gasteiger charge is 2.09. The SMILES string of the molecule is Cc1ccc([C@H](C)NCc2nccn2CC(C)C)s1. The van der Waals surface area contributed by atoms with Crippen molar-refractivity contribution in [2.45, 2.75) is 46.8 Å². The minimum atomic E-state index is 0.378. The summed E-state index contributed by atoms with van der Waals surface area (Å²) in [5.74, 6) is 1.76. The summed E-state index contributed by atoms with van der Waals surface area (Å²) in [6.07, 6.45) is 3.95. The van der Waals surface area contributed by atoms with Crippen LogP contribution in [0.2, 0.25) is 0 Å². The zero-order chi connectivity index (χ0) is 13.8. The topological polar surface area (TPSA) is 29.9 Å². The van der Waals surface area contributed by atoms with Gasteiger partial charge in [-0.15, -0.1) is 11.3 Å². The molecule has 0 unspecified atom stereocenters. The molecule has 2 heterocycles. The van der Waals surface area contributed by atoms with E-state index in [1.165, 1.54) is 9.75 Å². The Bertz CT molecular complexity index is 513. The van der Waals surface area contributed by atoms with E-state index in [1.807, 2.05) is 17.5 Å². The molecule has 0 spiro atoms. The van der Waals surface area contributed by atoms with Gasteiger partial charge >= 0.3 is 0 Å². The van der Waals surface area contributed by atoms with Gasteiger partial charge in [0, 0.05) is 34.7 Å². The Labute approximate surface area is 119 Å². The third-order valence-electron chi connectivity index (χ3n) is 3.12. The number of nitrogens with zero attached hydrogens (tertiary/aromatic N) is 2. The van der Waals surface area contributed by atoms with Gasteiger partial charge in [0.2, 0.25) is 0 Å². The fourth-order valence-corrected chi connectivity index (χ4v) is 3.00. The van der Waals surface area contributed by atoms with Crippen molar-refractivity contribution in [1.82, 2.24) is 14.9 Å². The van der Waals surface area contributed by atoms with Crippen molar-refractivity contribution in [3.63, 3.8) is 0 Å². The van der Waals surface area contributed by atoms with E-state index in [9.17, 15) is 0 Å². The first-order valence-electron chi connectivity index (χ1n) is 6.86. The van der Waals surface area contributed by atoms with Crippen LogP contribution in [0.5, 0.6) is 0 Å². The highest BCUT2D eigenvalue weighted by atomic mass is 32.1. The van der Waals surface area contributed by atoms with Crippen molar-refractivity contribution >= 4 is 11.3 Å². The first-order chi connectivity index (χ1) is 9.06. The van der Waals surface area contributed by atoms with Gasteiger partial charge in [-0.25, -0.2) is 4.98 Å². The molecule has 2 aromatic heterocycles. The number of aryl methyl sites for hydroxylation is 1. The second-order valence-corrected chi connectivity index (χ2v) is 6.76. The summed E-state index contributed by atoms with van der Waals surface area (Å²) in [5.41, 5.74) is 0. The number of hydrogen-bond acceptors (Lipinski definition) is 3. The van der Waals surface area contributed by atoms with Crippen LogP contribution in [0.15, 0.2) is 24.5 Å². The van der Waals surface area contributed by atoms with Gasteiger partial charge in [0.25, 0.3) is 0 Å². The lowest BCUT2D eigenvalue weighted by Gasteiger charge is -2.14. The first-order valence-corrected chi connectivity index (χ1v) is 7.67. The molecular weight excluding hydrogens is 254 g/mol.